The van der Waals surface area contributed by atoms with Crippen molar-refractivity contribution in [1.29, 1.82) is 0 Å². The molecule has 0 bridgehead atoms. The molecule has 0 rings (SSSR count). The van der Waals surface area contributed by atoms with Gasteiger partial charge in [0.2, 0.25) is 0 Å². The van der Waals surface area contributed by atoms with Gasteiger partial charge in [0.25, 0.3) is 0 Å². The van der Waals surface area contributed by atoms with E-state index in [0.717, 1.165) is 77.0 Å². The number of ether oxygens (including phenoxy) is 3. The summed E-state index contributed by atoms with van der Waals surface area (Å²) in [6.07, 6.45) is 35.8. The largest absolute Gasteiger partial charge is 0.477 e. The average molecular weight is 691 g/mol. The van der Waals surface area contributed by atoms with Crippen LogP contribution in [-0.2, 0) is 28.6 Å². The number of allylic oxidation sites excluding steroid dienone is 8. The number of esters is 2. The number of quaternary nitrogens is 1. The van der Waals surface area contributed by atoms with E-state index in [-0.39, 0.29) is 36.2 Å². The summed E-state index contributed by atoms with van der Waals surface area (Å²) in [5.74, 6) is -1.51. The van der Waals surface area contributed by atoms with E-state index in [0.29, 0.717) is 19.3 Å². The molecule has 2 unspecified atom stereocenters. The molecule has 2 atom stereocenters. The van der Waals surface area contributed by atoms with Gasteiger partial charge >= 0.3 is 17.9 Å². The van der Waals surface area contributed by atoms with E-state index in [1.807, 2.05) is 21.1 Å². The number of carbonyl (C=O) groups excluding carboxylic acids is 2. The van der Waals surface area contributed by atoms with Crippen LogP contribution in [0.5, 0.6) is 0 Å². The summed E-state index contributed by atoms with van der Waals surface area (Å²) in [5.41, 5.74) is 0. The van der Waals surface area contributed by atoms with E-state index >= 15 is 0 Å². The van der Waals surface area contributed by atoms with Crippen LogP contribution >= 0.6 is 0 Å². The molecule has 0 aromatic rings. The van der Waals surface area contributed by atoms with Crippen molar-refractivity contribution in [2.75, 3.05) is 41.0 Å². The number of carboxylic acid groups (broad SMARTS) is 1. The molecular weight excluding hydrogens is 618 g/mol. The molecule has 0 amide bonds. The average Bonchev–Trinajstić information content (AvgIpc) is 3.05. The van der Waals surface area contributed by atoms with Gasteiger partial charge in [-0.2, -0.15) is 0 Å². The summed E-state index contributed by atoms with van der Waals surface area (Å²) in [4.78, 5) is 36.7. The first-order valence-corrected chi connectivity index (χ1v) is 19.2. The van der Waals surface area contributed by atoms with E-state index < -0.39 is 18.1 Å². The van der Waals surface area contributed by atoms with Crippen LogP contribution < -0.4 is 0 Å². The second-order valence-corrected chi connectivity index (χ2v) is 13.9. The highest BCUT2D eigenvalue weighted by Gasteiger charge is 2.31. The zero-order valence-corrected chi connectivity index (χ0v) is 31.9. The van der Waals surface area contributed by atoms with Crippen LogP contribution in [0, 0.1) is 0 Å². The molecule has 282 valence electrons. The van der Waals surface area contributed by atoms with Crippen LogP contribution in [-0.4, -0.2) is 80.6 Å². The van der Waals surface area contributed by atoms with Crippen molar-refractivity contribution >= 4 is 17.9 Å². The first-order chi connectivity index (χ1) is 23.6. The van der Waals surface area contributed by atoms with Crippen LogP contribution in [0.3, 0.4) is 0 Å². The zero-order chi connectivity index (χ0) is 36.4. The molecule has 8 nitrogen and oxygen atoms in total. The number of carboxylic acids is 1. The normalized spacial score (nSPS) is 13.6. The maximum absolute atomic E-state index is 12.6. The highest BCUT2D eigenvalue weighted by molar-refractivity contribution is 5.72. The molecule has 0 aromatic heterocycles. The molecule has 0 fully saturated rings. The smallest absolute Gasteiger partial charge is 0.362 e. The minimum absolute atomic E-state index is 0.0512. The minimum atomic E-state index is -0.882. The third-order valence-electron chi connectivity index (χ3n) is 8.27. The third kappa shape index (κ3) is 31.0. The van der Waals surface area contributed by atoms with Crippen LogP contribution in [0.2, 0.25) is 0 Å². The van der Waals surface area contributed by atoms with E-state index in [9.17, 15) is 19.5 Å². The van der Waals surface area contributed by atoms with Crippen molar-refractivity contribution in [3.05, 3.63) is 48.6 Å². The Hall–Kier alpha value is -2.71. The zero-order valence-electron chi connectivity index (χ0n) is 31.9. The number of likely N-dealkylation sites (N-methyl/N-ethyl adjacent to an activating group) is 1. The first-order valence-electron chi connectivity index (χ1n) is 19.2. The standard InChI is InChI=1S/C41H71NO7/c1-6-8-10-12-14-16-18-19-20-21-22-24-26-28-30-32-40(44)49-37(35-47-34-33-38(41(45)46)42(3,4)5)36-48-39(43)31-29-27-25-23-17-15-13-11-9-7-2/h8,10,12-16,18,37-38H,6-7,9,11,17,19-36H2,1-5H3/p+1/b10-8+,14-12+,15-13+,18-16+. The Kier molecular flexibility index (Phi) is 30.7. The lowest BCUT2D eigenvalue weighted by Crippen LogP contribution is -2.50. The predicted octanol–water partition coefficient (Wildman–Crippen LogP) is 9.68. The van der Waals surface area contributed by atoms with Crippen molar-refractivity contribution in [2.24, 2.45) is 0 Å². The van der Waals surface area contributed by atoms with Crippen LogP contribution in [0.1, 0.15) is 142 Å². The first kappa shape index (κ1) is 46.3. The molecule has 0 aliphatic rings. The maximum atomic E-state index is 12.6. The molecular formula is C41H72NO7+. The number of nitrogens with zero attached hydrogens (tertiary/aromatic N) is 1. The van der Waals surface area contributed by atoms with Crippen molar-refractivity contribution in [3.63, 3.8) is 0 Å². The second kappa shape index (κ2) is 32.5. The lowest BCUT2D eigenvalue weighted by molar-refractivity contribution is -0.887. The van der Waals surface area contributed by atoms with Crippen LogP contribution in [0.4, 0.5) is 0 Å². The highest BCUT2D eigenvalue weighted by Crippen LogP contribution is 2.13. The molecule has 0 aromatic carbocycles. The molecule has 0 spiro atoms. The fourth-order valence-corrected chi connectivity index (χ4v) is 5.25. The lowest BCUT2D eigenvalue weighted by Gasteiger charge is -2.31. The highest BCUT2D eigenvalue weighted by atomic mass is 16.6. The van der Waals surface area contributed by atoms with E-state index in [1.165, 1.54) is 32.1 Å². The molecule has 8 heteroatoms. The summed E-state index contributed by atoms with van der Waals surface area (Å²) in [5, 5.41) is 9.58. The van der Waals surface area contributed by atoms with Gasteiger partial charge in [-0.05, 0) is 51.4 Å². The molecule has 0 aliphatic carbocycles. The molecule has 1 N–H and O–H groups in total. The summed E-state index contributed by atoms with van der Waals surface area (Å²) < 4.78 is 17.2. The Bertz CT molecular complexity index is 948. The van der Waals surface area contributed by atoms with Gasteiger partial charge in [0.1, 0.15) is 6.61 Å². The molecule has 0 saturated carbocycles. The van der Waals surface area contributed by atoms with Crippen molar-refractivity contribution < 1.29 is 38.2 Å². The Morgan fingerprint density at radius 3 is 1.73 bits per heavy atom. The van der Waals surface area contributed by atoms with Gasteiger partial charge in [-0.1, -0.05) is 120 Å². The van der Waals surface area contributed by atoms with E-state index in [2.05, 4.69) is 62.5 Å². The summed E-state index contributed by atoms with van der Waals surface area (Å²) >= 11 is 0. The Balaban J connectivity index is 4.45. The molecule has 0 radical (unpaired) electrons. The molecule has 0 saturated heterocycles. The number of hydrogen-bond acceptors (Lipinski definition) is 6. The van der Waals surface area contributed by atoms with Gasteiger partial charge in [-0.25, -0.2) is 4.79 Å². The molecule has 49 heavy (non-hydrogen) atoms. The van der Waals surface area contributed by atoms with Crippen LogP contribution in [0.25, 0.3) is 0 Å². The van der Waals surface area contributed by atoms with E-state index in [1.54, 1.807) is 0 Å². The van der Waals surface area contributed by atoms with Crippen LogP contribution in [0.15, 0.2) is 48.6 Å². The quantitative estimate of drug-likeness (QED) is 0.0241. The third-order valence-corrected chi connectivity index (χ3v) is 8.27. The number of carbonyl (C=O) groups is 3. The second-order valence-electron chi connectivity index (χ2n) is 13.9. The summed E-state index contributed by atoms with van der Waals surface area (Å²) in [6.45, 7) is 4.51. The number of hydrogen-bond donors (Lipinski definition) is 1. The maximum Gasteiger partial charge on any atom is 0.362 e. The molecule has 0 heterocycles. The predicted molar refractivity (Wildman–Crippen MR) is 201 cm³/mol. The Morgan fingerprint density at radius 2 is 1.16 bits per heavy atom. The van der Waals surface area contributed by atoms with Gasteiger partial charge in [-0.3, -0.25) is 9.59 Å². The molecule has 0 aliphatic heterocycles. The number of unbranched alkanes of at least 4 members (excludes halogenated alkanes) is 13. The fraction of sp³-hybridized carbons (Fsp3) is 0.732. The SMILES string of the molecule is CC/C=C/C=C/C=C/CCCCCCCCCC(=O)OC(COCCC(C(=O)O)[N+](C)(C)C)COC(=O)CCCCCC/C=C/CCCC. The van der Waals surface area contributed by atoms with Gasteiger partial charge in [0, 0.05) is 19.3 Å². The van der Waals surface area contributed by atoms with Crippen molar-refractivity contribution in [3.8, 4) is 0 Å². The van der Waals surface area contributed by atoms with Crippen molar-refractivity contribution in [2.45, 2.75) is 154 Å². The van der Waals surface area contributed by atoms with Gasteiger partial charge in [0.15, 0.2) is 12.1 Å². The van der Waals surface area contributed by atoms with Gasteiger partial charge < -0.3 is 23.8 Å². The fourth-order valence-electron chi connectivity index (χ4n) is 5.25. The minimum Gasteiger partial charge on any atom is -0.477 e. The van der Waals surface area contributed by atoms with Gasteiger partial charge in [0.05, 0.1) is 34.4 Å². The lowest BCUT2D eigenvalue weighted by atomic mass is 10.1. The monoisotopic (exact) mass is 691 g/mol. The Labute approximate surface area is 299 Å². The van der Waals surface area contributed by atoms with Gasteiger partial charge in [-0.15, -0.1) is 0 Å². The topological polar surface area (TPSA) is 99.1 Å². The Morgan fingerprint density at radius 1 is 0.633 bits per heavy atom. The number of aliphatic carboxylic acids is 1. The number of rotatable bonds is 33. The van der Waals surface area contributed by atoms with Crippen molar-refractivity contribution in [1.82, 2.24) is 0 Å². The summed E-state index contributed by atoms with van der Waals surface area (Å²) in [7, 11) is 5.50. The van der Waals surface area contributed by atoms with E-state index in [4.69, 9.17) is 14.2 Å². The summed E-state index contributed by atoms with van der Waals surface area (Å²) in [6, 6.07) is -0.617.